The molecule has 0 N–H and O–H groups in total. The molecule has 0 bridgehead atoms. The quantitative estimate of drug-likeness (QED) is 0.548. The average molecular weight is 204 g/mol. The van der Waals surface area contributed by atoms with Gasteiger partial charge in [0.05, 0.1) is 7.11 Å². The lowest BCUT2D eigenvalue weighted by molar-refractivity contribution is 0.0550. The smallest absolute Gasteiger partial charge is 0.438 e. The van der Waals surface area contributed by atoms with Crippen molar-refractivity contribution in [3.05, 3.63) is 35.4 Å². The second kappa shape index (κ2) is 5.06. The third kappa shape index (κ3) is 3.03. The first kappa shape index (κ1) is 11.1. The first-order valence-corrected chi connectivity index (χ1v) is 4.44. The van der Waals surface area contributed by atoms with E-state index in [2.05, 4.69) is 10.7 Å². The second-order valence-corrected chi connectivity index (χ2v) is 3.03. The van der Waals surface area contributed by atoms with Crippen LogP contribution in [0, 0.1) is 19.3 Å². The fourth-order valence-electron chi connectivity index (χ4n) is 1.08. The third-order valence-corrected chi connectivity index (χ3v) is 1.91. The van der Waals surface area contributed by atoms with Gasteiger partial charge in [-0.25, -0.2) is 4.79 Å². The highest BCUT2D eigenvalue weighted by Crippen LogP contribution is 2.17. The first-order valence-electron chi connectivity index (χ1n) is 4.44. The largest absolute Gasteiger partial charge is 0.509 e. The van der Waals surface area contributed by atoms with E-state index in [-0.39, 0.29) is 0 Å². The number of terminal acetylenes is 1. The van der Waals surface area contributed by atoms with E-state index in [1.54, 1.807) is 0 Å². The molecule has 0 saturated heterocycles. The topological polar surface area (TPSA) is 35.5 Å². The van der Waals surface area contributed by atoms with E-state index in [0.717, 1.165) is 11.1 Å². The SMILES string of the molecule is C#CC(OC(=O)OC)c1ccc(C)cc1. The fourth-order valence-corrected chi connectivity index (χ4v) is 1.08. The molecule has 0 aliphatic carbocycles. The molecule has 0 aliphatic rings. The molecular weight excluding hydrogens is 192 g/mol. The molecule has 0 fully saturated rings. The minimum Gasteiger partial charge on any atom is -0.438 e. The maximum Gasteiger partial charge on any atom is 0.509 e. The molecule has 1 unspecified atom stereocenters. The molecule has 78 valence electrons. The maximum atomic E-state index is 10.9. The van der Waals surface area contributed by atoms with Crippen LogP contribution in [0.4, 0.5) is 4.79 Å². The lowest BCUT2D eigenvalue weighted by Gasteiger charge is -2.11. The normalized spacial score (nSPS) is 11.3. The van der Waals surface area contributed by atoms with E-state index in [9.17, 15) is 4.79 Å². The van der Waals surface area contributed by atoms with Gasteiger partial charge in [-0.2, -0.15) is 0 Å². The van der Waals surface area contributed by atoms with Crippen LogP contribution < -0.4 is 0 Å². The van der Waals surface area contributed by atoms with Crippen LogP contribution in [0.3, 0.4) is 0 Å². The van der Waals surface area contributed by atoms with Gasteiger partial charge in [-0.15, -0.1) is 6.42 Å². The molecule has 1 aromatic carbocycles. The van der Waals surface area contributed by atoms with Crippen molar-refractivity contribution < 1.29 is 14.3 Å². The fraction of sp³-hybridized carbons (Fsp3) is 0.250. The van der Waals surface area contributed by atoms with Crippen LogP contribution in [-0.2, 0) is 9.47 Å². The number of hydrogen-bond donors (Lipinski definition) is 0. The molecule has 3 heteroatoms. The monoisotopic (exact) mass is 204 g/mol. The predicted octanol–water partition coefficient (Wildman–Crippen LogP) is 2.45. The highest BCUT2D eigenvalue weighted by atomic mass is 16.7. The summed E-state index contributed by atoms with van der Waals surface area (Å²) in [7, 11) is 1.24. The Labute approximate surface area is 89.0 Å². The molecule has 0 aromatic heterocycles. The summed E-state index contributed by atoms with van der Waals surface area (Å²) in [5, 5.41) is 0. The van der Waals surface area contributed by atoms with Crippen LogP contribution in [-0.4, -0.2) is 13.3 Å². The van der Waals surface area contributed by atoms with Gasteiger partial charge in [0.25, 0.3) is 0 Å². The molecular formula is C12H12O3. The van der Waals surface area contributed by atoms with Gasteiger partial charge < -0.3 is 9.47 Å². The average Bonchev–Trinajstić information content (AvgIpc) is 2.27. The zero-order valence-electron chi connectivity index (χ0n) is 8.69. The van der Waals surface area contributed by atoms with Crippen LogP contribution in [0.1, 0.15) is 17.2 Å². The highest BCUT2D eigenvalue weighted by molar-refractivity contribution is 5.60. The van der Waals surface area contributed by atoms with Crippen molar-refractivity contribution in [3.63, 3.8) is 0 Å². The van der Waals surface area contributed by atoms with Crippen LogP contribution >= 0.6 is 0 Å². The van der Waals surface area contributed by atoms with Crippen molar-refractivity contribution in [2.75, 3.05) is 7.11 Å². The van der Waals surface area contributed by atoms with Gasteiger partial charge in [-0.3, -0.25) is 0 Å². The van der Waals surface area contributed by atoms with Gasteiger partial charge in [0, 0.05) is 5.56 Å². The molecule has 0 spiro atoms. The molecule has 15 heavy (non-hydrogen) atoms. The molecule has 1 atom stereocenters. The summed E-state index contributed by atoms with van der Waals surface area (Å²) in [4.78, 5) is 10.9. The van der Waals surface area contributed by atoms with E-state index in [4.69, 9.17) is 11.2 Å². The standard InChI is InChI=1S/C12H12O3/c1-4-11(15-12(13)14-3)10-7-5-9(2)6-8-10/h1,5-8,11H,2-3H3. The number of carbonyl (C=O) groups excluding carboxylic acids is 1. The zero-order chi connectivity index (χ0) is 11.3. The Hall–Kier alpha value is -1.95. The Morgan fingerprint density at radius 1 is 1.40 bits per heavy atom. The van der Waals surface area contributed by atoms with E-state index >= 15 is 0 Å². The lowest BCUT2D eigenvalue weighted by Crippen LogP contribution is -2.09. The van der Waals surface area contributed by atoms with Crippen LogP contribution in [0.2, 0.25) is 0 Å². The summed E-state index contributed by atoms with van der Waals surface area (Å²) in [6, 6.07) is 7.45. The summed E-state index contributed by atoms with van der Waals surface area (Å²) < 4.78 is 9.25. The van der Waals surface area contributed by atoms with Gasteiger partial charge in [-0.1, -0.05) is 35.7 Å². The van der Waals surface area contributed by atoms with Gasteiger partial charge in [0.1, 0.15) is 0 Å². The van der Waals surface area contributed by atoms with Gasteiger partial charge in [-0.05, 0) is 6.92 Å². The number of hydrogen-bond acceptors (Lipinski definition) is 3. The third-order valence-electron chi connectivity index (χ3n) is 1.91. The molecule has 0 aliphatic heterocycles. The van der Waals surface area contributed by atoms with Gasteiger partial charge >= 0.3 is 6.16 Å². The summed E-state index contributed by atoms with van der Waals surface area (Å²) in [6.07, 6.45) is 3.79. The van der Waals surface area contributed by atoms with Crippen molar-refractivity contribution in [1.29, 1.82) is 0 Å². The van der Waals surface area contributed by atoms with Gasteiger partial charge in [0.15, 0.2) is 6.10 Å². The number of carbonyl (C=O) groups is 1. The van der Waals surface area contributed by atoms with E-state index in [0.29, 0.717) is 0 Å². The molecule has 3 nitrogen and oxygen atoms in total. The number of benzene rings is 1. The maximum absolute atomic E-state index is 10.9. The first-order chi connectivity index (χ1) is 7.17. The molecule has 0 heterocycles. The Morgan fingerprint density at radius 3 is 2.47 bits per heavy atom. The molecule has 0 radical (unpaired) electrons. The van der Waals surface area contributed by atoms with E-state index in [1.165, 1.54) is 7.11 Å². The predicted molar refractivity (Wildman–Crippen MR) is 56.2 cm³/mol. The van der Waals surface area contributed by atoms with E-state index in [1.807, 2.05) is 31.2 Å². The minimum atomic E-state index is -0.779. The lowest BCUT2D eigenvalue weighted by atomic mass is 10.1. The van der Waals surface area contributed by atoms with E-state index < -0.39 is 12.3 Å². The highest BCUT2D eigenvalue weighted by Gasteiger charge is 2.13. The molecule has 1 rings (SSSR count). The zero-order valence-corrected chi connectivity index (χ0v) is 8.69. The summed E-state index contributed by atoms with van der Waals surface area (Å²) in [5.74, 6) is 2.38. The second-order valence-electron chi connectivity index (χ2n) is 3.03. The van der Waals surface area contributed by atoms with Crippen molar-refractivity contribution in [1.82, 2.24) is 0 Å². The van der Waals surface area contributed by atoms with Crippen molar-refractivity contribution >= 4 is 6.16 Å². The Balaban J connectivity index is 2.80. The summed E-state index contributed by atoms with van der Waals surface area (Å²) >= 11 is 0. The van der Waals surface area contributed by atoms with Crippen LogP contribution in [0.15, 0.2) is 24.3 Å². The summed E-state index contributed by atoms with van der Waals surface area (Å²) in [5.41, 5.74) is 1.88. The number of methoxy groups -OCH3 is 1. The minimum absolute atomic E-state index is 0.696. The van der Waals surface area contributed by atoms with Crippen molar-refractivity contribution in [2.24, 2.45) is 0 Å². The van der Waals surface area contributed by atoms with Gasteiger partial charge in [0.2, 0.25) is 0 Å². The number of ether oxygens (including phenoxy) is 2. The molecule has 0 amide bonds. The number of aryl methyl sites for hydroxylation is 1. The summed E-state index contributed by atoms with van der Waals surface area (Å²) in [6.45, 7) is 1.97. The van der Waals surface area contributed by atoms with Crippen molar-refractivity contribution in [2.45, 2.75) is 13.0 Å². The Morgan fingerprint density at radius 2 is 2.00 bits per heavy atom. The van der Waals surface area contributed by atoms with Crippen LogP contribution in [0.25, 0.3) is 0 Å². The van der Waals surface area contributed by atoms with Crippen molar-refractivity contribution in [3.8, 4) is 12.3 Å². The Bertz CT molecular complexity index is 373. The molecule has 1 aromatic rings. The molecule has 0 saturated carbocycles. The number of rotatable bonds is 2. The van der Waals surface area contributed by atoms with Crippen LogP contribution in [0.5, 0.6) is 0 Å². The Kier molecular flexibility index (Phi) is 3.75.